The Morgan fingerprint density at radius 1 is 1.60 bits per heavy atom. The summed E-state index contributed by atoms with van der Waals surface area (Å²) in [6.45, 7) is 2.06. The maximum atomic E-state index is 12.1. The van der Waals surface area contributed by atoms with Crippen molar-refractivity contribution < 1.29 is 9.53 Å². The van der Waals surface area contributed by atoms with E-state index >= 15 is 0 Å². The zero-order valence-corrected chi connectivity index (χ0v) is 14.4. The van der Waals surface area contributed by atoms with Crippen molar-refractivity contribution in [3.05, 3.63) is 32.1 Å². The van der Waals surface area contributed by atoms with Gasteiger partial charge in [0.05, 0.1) is 18.7 Å². The lowest BCUT2D eigenvalue weighted by Gasteiger charge is -2.30. The number of carbonyl (C=O) groups is 1. The lowest BCUT2D eigenvalue weighted by Crippen LogP contribution is -2.45. The Balaban J connectivity index is 2.48. The molecule has 108 valence electrons. The van der Waals surface area contributed by atoms with E-state index in [1.165, 1.54) is 7.11 Å². The van der Waals surface area contributed by atoms with Crippen LogP contribution in [0.4, 0.5) is 0 Å². The quantitative estimate of drug-likeness (QED) is 0.625. The molecule has 0 aliphatic carbocycles. The molecule has 0 saturated heterocycles. The molecule has 2 N–H and O–H groups in total. The summed E-state index contributed by atoms with van der Waals surface area (Å²) in [4.78, 5) is 13.2. The first-order chi connectivity index (χ1) is 9.56. The number of allylic oxidation sites excluding steroid dienone is 1. The predicted octanol–water partition coefficient (Wildman–Crippen LogP) is 3.26. The molecule has 1 unspecified atom stereocenters. The molecular formula is C13H15BrN2O2S2. The molecule has 0 radical (unpaired) electrons. The van der Waals surface area contributed by atoms with Crippen LogP contribution in [0.5, 0.6) is 0 Å². The van der Waals surface area contributed by atoms with Gasteiger partial charge in [-0.15, -0.1) is 11.3 Å². The van der Waals surface area contributed by atoms with E-state index in [4.69, 9.17) is 17.0 Å². The molecule has 1 atom stereocenters. The first-order valence-corrected chi connectivity index (χ1v) is 8.27. The molecule has 0 amide bonds. The van der Waals surface area contributed by atoms with Gasteiger partial charge in [0, 0.05) is 20.4 Å². The third-order valence-corrected chi connectivity index (χ3v) is 4.91. The first-order valence-electron chi connectivity index (χ1n) is 6.19. The van der Waals surface area contributed by atoms with Crippen LogP contribution in [0.15, 0.2) is 27.2 Å². The molecule has 0 spiro atoms. The number of ether oxygens (including phenoxy) is 1. The molecule has 1 aromatic rings. The van der Waals surface area contributed by atoms with Gasteiger partial charge < -0.3 is 15.4 Å². The summed E-state index contributed by atoms with van der Waals surface area (Å²) in [7, 11) is 1.40. The molecule has 2 heterocycles. The summed E-state index contributed by atoms with van der Waals surface area (Å²) < 4.78 is 5.92. The number of halogens is 1. The van der Waals surface area contributed by atoms with Gasteiger partial charge in [0.2, 0.25) is 0 Å². The lowest BCUT2D eigenvalue weighted by atomic mass is 9.99. The van der Waals surface area contributed by atoms with E-state index in [9.17, 15) is 4.79 Å². The summed E-state index contributed by atoms with van der Waals surface area (Å²) in [5, 5.41) is 8.75. The van der Waals surface area contributed by atoms with E-state index in [1.807, 2.05) is 11.4 Å². The average Bonchev–Trinajstić information content (AvgIpc) is 2.84. The molecule has 0 saturated carbocycles. The second kappa shape index (κ2) is 6.69. The molecule has 0 bridgehead atoms. The predicted molar refractivity (Wildman–Crippen MR) is 87.6 cm³/mol. The Bertz CT molecular complexity index is 568. The van der Waals surface area contributed by atoms with Gasteiger partial charge in [0.25, 0.3) is 0 Å². The van der Waals surface area contributed by atoms with Crippen LogP contribution in [-0.2, 0) is 9.53 Å². The van der Waals surface area contributed by atoms with E-state index in [0.717, 1.165) is 27.9 Å². The Morgan fingerprint density at radius 2 is 2.35 bits per heavy atom. The fourth-order valence-corrected chi connectivity index (χ4v) is 3.85. The highest BCUT2D eigenvalue weighted by molar-refractivity contribution is 9.10. The Morgan fingerprint density at radius 3 is 2.90 bits per heavy atom. The number of methoxy groups -OCH3 is 1. The van der Waals surface area contributed by atoms with Gasteiger partial charge in [-0.3, -0.25) is 0 Å². The van der Waals surface area contributed by atoms with E-state index in [-0.39, 0.29) is 12.0 Å². The topological polar surface area (TPSA) is 50.4 Å². The highest BCUT2D eigenvalue weighted by Crippen LogP contribution is 2.34. The number of thiocarbonyl (C=S) groups is 1. The van der Waals surface area contributed by atoms with Crippen LogP contribution < -0.4 is 10.6 Å². The molecule has 1 aromatic heterocycles. The minimum atomic E-state index is -0.328. The summed E-state index contributed by atoms with van der Waals surface area (Å²) >= 11 is 10.2. The summed E-state index contributed by atoms with van der Waals surface area (Å²) in [5.41, 5.74) is 1.45. The van der Waals surface area contributed by atoms with E-state index in [2.05, 4.69) is 33.5 Å². The third kappa shape index (κ3) is 3.21. The zero-order chi connectivity index (χ0) is 14.7. The number of hydrogen-bond acceptors (Lipinski definition) is 4. The molecule has 1 aliphatic heterocycles. The van der Waals surface area contributed by atoms with Crippen LogP contribution >= 0.6 is 39.5 Å². The minimum absolute atomic E-state index is 0.256. The number of thiophene rings is 1. The van der Waals surface area contributed by atoms with Crippen molar-refractivity contribution in [2.24, 2.45) is 0 Å². The second-order valence-electron chi connectivity index (χ2n) is 4.33. The molecule has 7 heteroatoms. The van der Waals surface area contributed by atoms with Crippen LogP contribution in [0, 0.1) is 0 Å². The van der Waals surface area contributed by atoms with E-state index < -0.39 is 0 Å². The Labute approximate surface area is 135 Å². The van der Waals surface area contributed by atoms with Crippen molar-refractivity contribution >= 4 is 50.6 Å². The molecule has 4 nitrogen and oxygen atoms in total. The van der Waals surface area contributed by atoms with Crippen molar-refractivity contribution in [1.29, 1.82) is 0 Å². The highest BCUT2D eigenvalue weighted by Gasteiger charge is 2.32. The van der Waals surface area contributed by atoms with Gasteiger partial charge >= 0.3 is 5.97 Å². The third-order valence-electron chi connectivity index (χ3n) is 2.93. The van der Waals surface area contributed by atoms with Crippen LogP contribution in [0.2, 0.25) is 0 Å². The fourth-order valence-electron chi connectivity index (χ4n) is 2.11. The van der Waals surface area contributed by atoms with Gasteiger partial charge in [0.1, 0.15) is 0 Å². The summed E-state index contributed by atoms with van der Waals surface area (Å²) in [6.07, 6.45) is 1.68. The minimum Gasteiger partial charge on any atom is -0.466 e. The van der Waals surface area contributed by atoms with Gasteiger partial charge in [-0.2, -0.15) is 0 Å². The fraction of sp³-hybridized carbons (Fsp3) is 0.385. The second-order valence-corrected chi connectivity index (χ2v) is 6.60. The molecule has 0 fully saturated rings. The van der Waals surface area contributed by atoms with Gasteiger partial charge in [0.15, 0.2) is 5.11 Å². The largest absolute Gasteiger partial charge is 0.466 e. The smallest absolute Gasteiger partial charge is 0.338 e. The number of hydrogen-bond donors (Lipinski definition) is 2. The molecule has 2 rings (SSSR count). The number of carbonyl (C=O) groups excluding carboxylic acids is 1. The molecule has 1 aliphatic rings. The average molecular weight is 375 g/mol. The Kier molecular flexibility index (Phi) is 5.17. The van der Waals surface area contributed by atoms with Crippen molar-refractivity contribution in [3.8, 4) is 0 Å². The maximum Gasteiger partial charge on any atom is 0.338 e. The van der Waals surface area contributed by atoms with Crippen molar-refractivity contribution in [2.75, 3.05) is 7.11 Å². The van der Waals surface area contributed by atoms with Crippen molar-refractivity contribution in [1.82, 2.24) is 10.6 Å². The number of rotatable bonds is 4. The zero-order valence-electron chi connectivity index (χ0n) is 11.2. The summed E-state index contributed by atoms with van der Waals surface area (Å²) in [6, 6.07) is 1.73. The van der Waals surface area contributed by atoms with E-state index in [1.54, 1.807) is 11.3 Å². The molecule has 20 heavy (non-hydrogen) atoms. The number of nitrogens with one attached hydrogen (secondary N) is 2. The molecule has 0 aromatic carbocycles. The standard InChI is InChI=1S/C13H15BrN2O2S2/c1-3-4-8-10(12(17)18-2)11(16-13(19)15-8)9-5-7(14)6-20-9/h5-6,11H,3-4H2,1-2H3,(H2,15,16,19). The lowest BCUT2D eigenvalue weighted by molar-refractivity contribution is -0.136. The van der Waals surface area contributed by atoms with E-state index in [0.29, 0.717) is 10.7 Å². The molecular weight excluding hydrogens is 360 g/mol. The summed E-state index contributed by atoms with van der Waals surface area (Å²) in [5.74, 6) is -0.328. The van der Waals surface area contributed by atoms with Crippen LogP contribution in [0.1, 0.15) is 30.7 Å². The van der Waals surface area contributed by atoms with Gasteiger partial charge in [-0.1, -0.05) is 13.3 Å². The van der Waals surface area contributed by atoms with Gasteiger partial charge in [-0.05, 0) is 40.6 Å². The van der Waals surface area contributed by atoms with Crippen molar-refractivity contribution in [3.63, 3.8) is 0 Å². The maximum absolute atomic E-state index is 12.1. The van der Waals surface area contributed by atoms with Crippen LogP contribution in [0.3, 0.4) is 0 Å². The van der Waals surface area contributed by atoms with Crippen molar-refractivity contribution in [2.45, 2.75) is 25.8 Å². The Hall–Kier alpha value is -0.920. The highest BCUT2D eigenvalue weighted by atomic mass is 79.9. The SMILES string of the molecule is CCCC1=C(C(=O)OC)C(c2cc(Br)cs2)NC(=S)N1. The van der Waals surface area contributed by atoms with Crippen LogP contribution in [-0.4, -0.2) is 18.2 Å². The number of esters is 1. The van der Waals surface area contributed by atoms with Crippen LogP contribution in [0.25, 0.3) is 0 Å². The first kappa shape index (κ1) is 15.5. The monoisotopic (exact) mass is 374 g/mol. The normalized spacial score (nSPS) is 18.6. The van der Waals surface area contributed by atoms with Gasteiger partial charge in [-0.25, -0.2) is 4.79 Å².